The van der Waals surface area contributed by atoms with Crippen LogP contribution in [-0.4, -0.2) is 34.3 Å². The Labute approximate surface area is 256 Å². The average Bonchev–Trinajstić information content (AvgIpc) is 3.41. The van der Waals surface area contributed by atoms with Gasteiger partial charge >= 0.3 is 6.03 Å². The van der Waals surface area contributed by atoms with Crippen molar-refractivity contribution in [2.24, 2.45) is 7.05 Å². The minimum absolute atomic E-state index is 0.101. The molecule has 1 unspecified atom stereocenters. The number of aromatic hydroxyl groups is 1. The number of aryl methyl sites for hydroxylation is 1. The van der Waals surface area contributed by atoms with Crippen molar-refractivity contribution in [2.45, 2.75) is 12.3 Å². The Morgan fingerprint density at radius 1 is 0.978 bits per heavy atom. The maximum atomic E-state index is 15.6. The van der Waals surface area contributed by atoms with E-state index in [0.717, 1.165) is 23.6 Å². The van der Waals surface area contributed by atoms with Gasteiger partial charge in [0.25, 0.3) is 5.56 Å². The van der Waals surface area contributed by atoms with Crippen molar-refractivity contribution in [3.63, 3.8) is 0 Å². The molecular weight excluding hydrogens is 578 g/mol. The molecule has 8 nitrogen and oxygen atoms in total. The SMILES string of the molecule is COc1ccccc1NC(=O)NCCc1c(C(c2cc(F)ccc2F)c2c(O)c3ccccc3n(C)c2=O)[nH]c2ccccc12. The van der Waals surface area contributed by atoms with Gasteiger partial charge in [-0.1, -0.05) is 42.5 Å². The van der Waals surface area contributed by atoms with Crippen LogP contribution in [0.25, 0.3) is 21.8 Å². The van der Waals surface area contributed by atoms with E-state index in [2.05, 4.69) is 15.6 Å². The van der Waals surface area contributed by atoms with Crippen molar-refractivity contribution in [2.75, 3.05) is 19.0 Å². The molecule has 1 atom stereocenters. The molecule has 4 N–H and O–H groups in total. The number of benzene rings is 4. The molecule has 2 heterocycles. The molecule has 4 aromatic carbocycles. The maximum Gasteiger partial charge on any atom is 0.319 e. The third kappa shape index (κ3) is 5.46. The summed E-state index contributed by atoms with van der Waals surface area (Å²) in [5, 5.41) is 18.4. The first kappa shape index (κ1) is 29.4. The van der Waals surface area contributed by atoms with E-state index in [1.165, 1.54) is 11.7 Å². The van der Waals surface area contributed by atoms with Gasteiger partial charge in [-0.3, -0.25) is 4.79 Å². The van der Waals surface area contributed by atoms with Gasteiger partial charge in [-0.15, -0.1) is 0 Å². The molecule has 228 valence electrons. The lowest BCUT2D eigenvalue weighted by molar-refractivity contribution is 0.252. The number of ether oxygens (including phenoxy) is 1. The maximum absolute atomic E-state index is 15.6. The fourth-order valence-corrected chi connectivity index (χ4v) is 5.91. The van der Waals surface area contributed by atoms with E-state index in [9.17, 15) is 19.1 Å². The molecule has 2 aromatic heterocycles. The summed E-state index contributed by atoms with van der Waals surface area (Å²) in [5.41, 5.74) is 1.97. The molecule has 0 bridgehead atoms. The molecule has 0 aliphatic carbocycles. The van der Waals surface area contributed by atoms with Gasteiger partial charge in [-0.25, -0.2) is 13.6 Å². The number of hydrogen-bond donors (Lipinski definition) is 4. The van der Waals surface area contributed by atoms with Crippen molar-refractivity contribution < 1.29 is 23.4 Å². The van der Waals surface area contributed by atoms with Gasteiger partial charge in [0, 0.05) is 41.1 Å². The van der Waals surface area contributed by atoms with Crippen molar-refractivity contribution in [3.8, 4) is 11.5 Å². The first-order valence-electron chi connectivity index (χ1n) is 14.3. The van der Waals surface area contributed by atoms with Crippen molar-refractivity contribution in [1.82, 2.24) is 14.9 Å². The van der Waals surface area contributed by atoms with Crippen LogP contribution >= 0.6 is 0 Å². The fourth-order valence-electron chi connectivity index (χ4n) is 5.91. The Bertz CT molecular complexity index is 2120. The Hall–Kier alpha value is -5.64. The van der Waals surface area contributed by atoms with E-state index in [0.29, 0.717) is 39.1 Å². The van der Waals surface area contributed by atoms with Gasteiger partial charge in [0.05, 0.1) is 29.8 Å². The van der Waals surface area contributed by atoms with Crippen LogP contribution in [0.4, 0.5) is 19.3 Å². The monoisotopic (exact) mass is 608 g/mol. The summed E-state index contributed by atoms with van der Waals surface area (Å²) in [7, 11) is 3.08. The number of nitrogens with zero attached hydrogens (tertiary/aromatic N) is 1. The van der Waals surface area contributed by atoms with E-state index in [4.69, 9.17) is 4.74 Å². The second-order valence-corrected chi connectivity index (χ2v) is 10.6. The predicted octanol–water partition coefficient (Wildman–Crippen LogP) is 6.56. The Kier molecular flexibility index (Phi) is 7.95. The van der Waals surface area contributed by atoms with Gasteiger partial charge in [0.2, 0.25) is 0 Å². The van der Waals surface area contributed by atoms with Crippen LogP contribution in [0.2, 0.25) is 0 Å². The lowest BCUT2D eigenvalue weighted by Gasteiger charge is -2.22. The number of carbonyl (C=O) groups is 1. The summed E-state index contributed by atoms with van der Waals surface area (Å²) in [6.07, 6.45) is 0.265. The number of aromatic amines is 1. The minimum Gasteiger partial charge on any atom is -0.507 e. The smallest absolute Gasteiger partial charge is 0.319 e. The highest BCUT2D eigenvalue weighted by atomic mass is 19.1. The van der Waals surface area contributed by atoms with E-state index in [1.54, 1.807) is 55.6 Å². The third-order valence-corrected chi connectivity index (χ3v) is 8.02. The minimum atomic E-state index is -1.21. The molecule has 0 aliphatic heterocycles. The number of methoxy groups -OCH3 is 1. The first-order valence-corrected chi connectivity index (χ1v) is 14.3. The highest BCUT2D eigenvalue weighted by molar-refractivity contribution is 5.91. The van der Waals surface area contributed by atoms with Gasteiger partial charge in [-0.05, 0) is 60.5 Å². The van der Waals surface area contributed by atoms with Crippen molar-refractivity contribution >= 4 is 33.5 Å². The highest BCUT2D eigenvalue weighted by Crippen LogP contribution is 2.42. The molecule has 45 heavy (non-hydrogen) atoms. The lowest BCUT2D eigenvalue weighted by atomic mass is 9.84. The van der Waals surface area contributed by atoms with Crippen LogP contribution < -0.4 is 20.9 Å². The van der Waals surface area contributed by atoms with Gasteiger partial charge in [-0.2, -0.15) is 0 Å². The zero-order chi connectivity index (χ0) is 31.7. The van der Waals surface area contributed by atoms with Crippen molar-refractivity contribution in [1.29, 1.82) is 0 Å². The van der Waals surface area contributed by atoms with Gasteiger partial charge in [0.15, 0.2) is 0 Å². The molecule has 0 radical (unpaired) electrons. The van der Waals surface area contributed by atoms with Crippen LogP contribution in [0.5, 0.6) is 11.5 Å². The lowest BCUT2D eigenvalue weighted by Crippen LogP contribution is -2.31. The molecule has 0 saturated heterocycles. The molecule has 6 rings (SSSR count). The van der Waals surface area contributed by atoms with Crippen LogP contribution in [-0.2, 0) is 13.5 Å². The zero-order valence-electron chi connectivity index (χ0n) is 24.5. The standard InChI is InChI=1S/C35H30F2N4O4/c1-41-28-13-7-4-10-23(28)33(42)31(34(41)43)30(24-19-20(36)15-16-25(24)37)32-22(21-9-3-5-11-26(21)39-32)17-18-38-35(44)40-27-12-6-8-14-29(27)45-2/h3-16,19,30,39,42H,17-18H2,1-2H3,(H2,38,40,44). The number of aromatic nitrogens is 2. The van der Waals surface area contributed by atoms with Crippen LogP contribution in [0.1, 0.15) is 28.3 Å². The molecule has 0 aliphatic rings. The number of carbonyl (C=O) groups excluding carboxylic acids is 1. The second kappa shape index (κ2) is 12.2. The zero-order valence-corrected chi connectivity index (χ0v) is 24.5. The summed E-state index contributed by atoms with van der Waals surface area (Å²) < 4.78 is 37.0. The van der Waals surface area contributed by atoms with Crippen LogP contribution in [0.3, 0.4) is 0 Å². The Morgan fingerprint density at radius 2 is 1.69 bits per heavy atom. The number of nitrogens with one attached hydrogen (secondary N) is 3. The van der Waals surface area contributed by atoms with E-state index >= 15 is 4.39 Å². The van der Waals surface area contributed by atoms with E-state index in [-0.39, 0.29) is 29.8 Å². The molecule has 6 aromatic rings. The quantitative estimate of drug-likeness (QED) is 0.157. The predicted molar refractivity (Wildman–Crippen MR) is 170 cm³/mol. The molecule has 2 amide bonds. The van der Waals surface area contributed by atoms with Crippen molar-refractivity contribution in [3.05, 3.63) is 135 Å². The summed E-state index contributed by atoms with van der Waals surface area (Å²) in [6, 6.07) is 23.8. The van der Waals surface area contributed by atoms with E-state index in [1.807, 2.05) is 24.3 Å². The topological polar surface area (TPSA) is 108 Å². The largest absolute Gasteiger partial charge is 0.507 e. The number of halogens is 2. The molecule has 10 heteroatoms. The fraction of sp³-hybridized carbons (Fsp3) is 0.143. The van der Waals surface area contributed by atoms with Crippen LogP contribution in [0.15, 0.2) is 95.8 Å². The molecule has 0 fully saturated rings. The normalized spacial score (nSPS) is 11.9. The Morgan fingerprint density at radius 3 is 2.49 bits per heavy atom. The summed E-state index contributed by atoms with van der Waals surface area (Å²) >= 11 is 0. The first-order chi connectivity index (χ1) is 21.8. The number of anilines is 1. The van der Waals surface area contributed by atoms with Gasteiger partial charge in [0.1, 0.15) is 23.1 Å². The molecule has 0 saturated carbocycles. The highest BCUT2D eigenvalue weighted by Gasteiger charge is 2.32. The average molecular weight is 609 g/mol. The van der Waals surface area contributed by atoms with E-state index < -0.39 is 29.1 Å². The number of amides is 2. The third-order valence-electron chi connectivity index (χ3n) is 8.02. The number of H-pyrrole nitrogens is 1. The summed E-state index contributed by atoms with van der Waals surface area (Å²) in [5.74, 6) is -2.46. The number of hydrogen-bond acceptors (Lipinski definition) is 4. The number of fused-ring (bicyclic) bond motifs is 2. The Balaban J connectivity index is 1.47. The second-order valence-electron chi connectivity index (χ2n) is 10.6. The number of para-hydroxylation sites is 4. The molecule has 0 spiro atoms. The summed E-state index contributed by atoms with van der Waals surface area (Å²) in [4.78, 5) is 30.1. The number of pyridine rings is 1. The number of urea groups is 1. The van der Waals surface area contributed by atoms with Crippen LogP contribution in [0, 0.1) is 11.6 Å². The summed E-state index contributed by atoms with van der Waals surface area (Å²) in [6.45, 7) is 0.163. The van der Waals surface area contributed by atoms with Gasteiger partial charge < -0.3 is 30.0 Å². The number of rotatable bonds is 8. The molecular formula is C35H30F2N4O4.